The average molecular weight is 289 g/mol. The molecule has 0 N–H and O–H groups in total. The van der Waals surface area contributed by atoms with Crippen molar-refractivity contribution in [3.63, 3.8) is 0 Å². The molecule has 1 rings (SSSR count). The van der Waals surface area contributed by atoms with Crippen LogP contribution in [0.1, 0.15) is 46.0 Å². The van der Waals surface area contributed by atoms with Crippen molar-refractivity contribution in [2.45, 2.75) is 57.5 Å². The summed E-state index contributed by atoms with van der Waals surface area (Å²) in [5.41, 5.74) is 0.395. The first-order valence-corrected chi connectivity index (χ1v) is 9.38. The molecule has 1 aliphatic rings. The molecular weight excluding hydrogens is 258 g/mol. The van der Waals surface area contributed by atoms with Crippen molar-refractivity contribution in [2.24, 2.45) is 0 Å². The van der Waals surface area contributed by atoms with Crippen LogP contribution in [0.25, 0.3) is 0 Å². The SMILES string of the molecule is CCCC(C1CCCN1CCC)[Si](OC)(OC)OC. The molecule has 2 unspecified atom stereocenters. The van der Waals surface area contributed by atoms with E-state index in [1.165, 1.54) is 32.4 Å². The van der Waals surface area contributed by atoms with Crippen LogP contribution < -0.4 is 0 Å². The number of hydrogen-bond donors (Lipinski definition) is 0. The molecule has 1 saturated heterocycles. The summed E-state index contributed by atoms with van der Waals surface area (Å²) < 4.78 is 17.3. The normalized spacial score (nSPS) is 22.9. The van der Waals surface area contributed by atoms with Crippen LogP contribution in [0, 0.1) is 0 Å². The molecule has 1 fully saturated rings. The van der Waals surface area contributed by atoms with Gasteiger partial charge >= 0.3 is 8.80 Å². The summed E-state index contributed by atoms with van der Waals surface area (Å²) in [6.45, 7) is 6.86. The van der Waals surface area contributed by atoms with Gasteiger partial charge in [0.2, 0.25) is 0 Å². The maximum Gasteiger partial charge on any atom is 0.505 e. The summed E-state index contributed by atoms with van der Waals surface area (Å²) in [6, 6.07) is 0.561. The Hall–Kier alpha value is 0.0569. The third kappa shape index (κ3) is 3.79. The van der Waals surface area contributed by atoms with Crippen molar-refractivity contribution in [3.8, 4) is 0 Å². The molecule has 0 aromatic carbocycles. The Labute approximate surface area is 119 Å². The van der Waals surface area contributed by atoms with E-state index in [0.717, 1.165) is 12.8 Å². The van der Waals surface area contributed by atoms with Crippen molar-refractivity contribution < 1.29 is 13.3 Å². The van der Waals surface area contributed by atoms with Gasteiger partial charge in [0.05, 0.1) is 0 Å². The lowest BCUT2D eigenvalue weighted by Crippen LogP contribution is -2.54. The number of likely N-dealkylation sites (tertiary alicyclic amines) is 1. The first kappa shape index (κ1) is 17.1. The number of rotatable bonds is 9. The van der Waals surface area contributed by atoms with Gasteiger partial charge in [0, 0.05) is 32.9 Å². The largest absolute Gasteiger partial charge is 0.505 e. The first-order valence-electron chi connectivity index (χ1n) is 7.58. The van der Waals surface area contributed by atoms with Crippen LogP contribution in [-0.2, 0) is 13.3 Å². The highest BCUT2D eigenvalue weighted by Crippen LogP contribution is 2.39. The van der Waals surface area contributed by atoms with Gasteiger partial charge in [-0.2, -0.15) is 0 Å². The minimum absolute atomic E-state index is 0.395. The smallest absolute Gasteiger partial charge is 0.377 e. The number of hydrogen-bond acceptors (Lipinski definition) is 4. The van der Waals surface area contributed by atoms with Crippen LogP contribution in [0.5, 0.6) is 0 Å². The van der Waals surface area contributed by atoms with E-state index in [1.807, 2.05) is 0 Å². The molecule has 4 nitrogen and oxygen atoms in total. The van der Waals surface area contributed by atoms with Gasteiger partial charge in [-0.3, -0.25) is 0 Å². The van der Waals surface area contributed by atoms with Crippen molar-refractivity contribution in [3.05, 3.63) is 0 Å². The fraction of sp³-hybridized carbons (Fsp3) is 1.00. The van der Waals surface area contributed by atoms with Gasteiger partial charge < -0.3 is 18.2 Å². The summed E-state index contributed by atoms with van der Waals surface area (Å²) in [4.78, 5) is 2.61. The van der Waals surface area contributed by atoms with E-state index in [0.29, 0.717) is 11.6 Å². The molecule has 0 saturated carbocycles. The quantitative estimate of drug-likeness (QED) is 0.611. The Morgan fingerprint density at radius 2 is 1.74 bits per heavy atom. The molecule has 0 bridgehead atoms. The molecule has 5 heteroatoms. The zero-order valence-electron chi connectivity index (χ0n) is 13.3. The van der Waals surface area contributed by atoms with Crippen LogP contribution in [-0.4, -0.2) is 54.2 Å². The van der Waals surface area contributed by atoms with Gasteiger partial charge in [0.1, 0.15) is 0 Å². The predicted molar refractivity (Wildman–Crippen MR) is 80.3 cm³/mol. The van der Waals surface area contributed by atoms with Gasteiger partial charge in [-0.05, 0) is 38.8 Å². The predicted octanol–water partition coefficient (Wildman–Crippen LogP) is 2.91. The number of nitrogens with zero attached hydrogens (tertiary/aromatic N) is 1. The molecule has 0 amide bonds. The highest BCUT2D eigenvalue weighted by molar-refractivity contribution is 6.62. The molecule has 19 heavy (non-hydrogen) atoms. The Bertz CT molecular complexity index is 241. The van der Waals surface area contributed by atoms with Crippen molar-refractivity contribution >= 4 is 8.80 Å². The van der Waals surface area contributed by atoms with Crippen molar-refractivity contribution in [1.82, 2.24) is 4.90 Å². The lowest BCUT2D eigenvalue weighted by atomic mass is 10.1. The monoisotopic (exact) mass is 289 g/mol. The molecule has 1 heterocycles. The lowest BCUT2D eigenvalue weighted by Gasteiger charge is -2.39. The second-order valence-corrected chi connectivity index (χ2v) is 8.53. The minimum atomic E-state index is -2.55. The van der Waals surface area contributed by atoms with Gasteiger partial charge in [-0.25, -0.2) is 0 Å². The van der Waals surface area contributed by atoms with E-state index in [9.17, 15) is 0 Å². The van der Waals surface area contributed by atoms with E-state index in [1.54, 1.807) is 21.3 Å². The van der Waals surface area contributed by atoms with Crippen LogP contribution in [0.15, 0.2) is 0 Å². The molecule has 1 aliphatic heterocycles. The van der Waals surface area contributed by atoms with Crippen LogP contribution in [0.3, 0.4) is 0 Å². The summed E-state index contributed by atoms with van der Waals surface area (Å²) in [5.74, 6) is 0. The highest BCUT2D eigenvalue weighted by Gasteiger charge is 2.52. The molecule has 114 valence electrons. The highest BCUT2D eigenvalue weighted by atomic mass is 28.4. The summed E-state index contributed by atoms with van der Waals surface area (Å²) in [7, 11) is 2.67. The molecule has 0 radical (unpaired) electrons. The molecule has 2 atom stereocenters. The average Bonchev–Trinajstić information content (AvgIpc) is 2.88. The van der Waals surface area contributed by atoms with Gasteiger partial charge in [-0.15, -0.1) is 0 Å². The van der Waals surface area contributed by atoms with E-state index in [2.05, 4.69) is 18.7 Å². The van der Waals surface area contributed by atoms with Gasteiger partial charge in [0.15, 0.2) is 0 Å². The fourth-order valence-corrected chi connectivity index (χ4v) is 6.39. The van der Waals surface area contributed by atoms with Crippen LogP contribution >= 0.6 is 0 Å². The molecular formula is C14H31NO3Si. The molecule has 0 aromatic rings. The maximum atomic E-state index is 5.76. The zero-order chi connectivity index (χ0) is 14.3. The van der Waals surface area contributed by atoms with E-state index in [-0.39, 0.29) is 0 Å². The van der Waals surface area contributed by atoms with Crippen LogP contribution in [0.2, 0.25) is 5.54 Å². The topological polar surface area (TPSA) is 30.9 Å². The second-order valence-electron chi connectivity index (χ2n) is 5.36. The minimum Gasteiger partial charge on any atom is -0.377 e. The Balaban J connectivity index is 2.91. The molecule has 0 aromatic heterocycles. The second kappa shape index (κ2) is 8.37. The Morgan fingerprint density at radius 1 is 1.11 bits per heavy atom. The zero-order valence-corrected chi connectivity index (χ0v) is 14.3. The summed E-state index contributed by atoms with van der Waals surface area (Å²) in [5, 5.41) is 0. The summed E-state index contributed by atoms with van der Waals surface area (Å²) in [6.07, 6.45) is 6.00. The molecule has 0 spiro atoms. The van der Waals surface area contributed by atoms with E-state index < -0.39 is 8.80 Å². The van der Waals surface area contributed by atoms with Gasteiger partial charge in [0.25, 0.3) is 0 Å². The van der Waals surface area contributed by atoms with Crippen molar-refractivity contribution in [1.29, 1.82) is 0 Å². The Morgan fingerprint density at radius 3 is 2.21 bits per heavy atom. The van der Waals surface area contributed by atoms with E-state index in [4.69, 9.17) is 13.3 Å². The molecule has 0 aliphatic carbocycles. The maximum absolute atomic E-state index is 5.76. The van der Waals surface area contributed by atoms with E-state index >= 15 is 0 Å². The third-order valence-electron chi connectivity index (χ3n) is 4.30. The fourth-order valence-electron chi connectivity index (χ4n) is 3.49. The Kier molecular flexibility index (Phi) is 7.53. The third-order valence-corrected chi connectivity index (χ3v) is 7.59. The summed E-state index contributed by atoms with van der Waals surface area (Å²) >= 11 is 0. The lowest BCUT2D eigenvalue weighted by molar-refractivity contribution is 0.0900. The van der Waals surface area contributed by atoms with Gasteiger partial charge in [-0.1, -0.05) is 20.3 Å². The standard InChI is InChI=1S/C14H31NO3Si/c1-6-9-14(19(16-3,17-4)18-5)13-10-8-12-15(13)11-7-2/h13-14H,6-12H2,1-5H3. The van der Waals surface area contributed by atoms with Crippen LogP contribution in [0.4, 0.5) is 0 Å². The first-order chi connectivity index (χ1) is 9.18. The van der Waals surface area contributed by atoms with Crippen molar-refractivity contribution in [2.75, 3.05) is 34.4 Å².